The number of pyridine rings is 2. The van der Waals surface area contributed by atoms with Crippen LogP contribution in [0, 0.1) is 26.0 Å². The van der Waals surface area contributed by atoms with E-state index in [1.165, 1.54) is 64.6 Å². The maximum atomic E-state index is 4.61. The van der Waals surface area contributed by atoms with Gasteiger partial charge in [0.05, 0.1) is 5.69 Å². The molecule has 0 aliphatic carbocycles. The van der Waals surface area contributed by atoms with E-state index in [0.717, 1.165) is 34.6 Å². The quantitative estimate of drug-likeness (QED) is 0.102. The number of hydrogen-bond donors (Lipinski definition) is 0. The van der Waals surface area contributed by atoms with Gasteiger partial charge in [-0.2, -0.15) is 0 Å². The number of anilines is 1. The van der Waals surface area contributed by atoms with Crippen molar-refractivity contribution in [2.75, 3.05) is 19.0 Å². The van der Waals surface area contributed by atoms with Crippen LogP contribution in [0.25, 0.3) is 44.8 Å². The van der Waals surface area contributed by atoms with Gasteiger partial charge in [0.15, 0.2) is 0 Å². The van der Waals surface area contributed by atoms with Gasteiger partial charge in [-0.1, -0.05) is 86.8 Å². The van der Waals surface area contributed by atoms with Crippen molar-refractivity contribution < 1.29 is 20.1 Å². The fourth-order valence-corrected chi connectivity index (χ4v) is 5.79. The minimum atomic E-state index is 0. The molecule has 0 aliphatic heterocycles. The van der Waals surface area contributed by atoms with Gasteiger partial charge in [0.25, 0.3) is 0 Å². The Morgan fingerprint density at radius 3 is 1.98 bits per heavy atom. The summed E-state index contributed by atoms with van der Waals surface area (Å²) < 4.78 is 0. The van der Waals surface area contributed by atoms with E-state index in [1.807, 2.05) is 56.8 Å². The standard InChI is InChI=1S/C25H29N2.C19H16N.Ir/c1-4-5-6-7-10-20-11-8-12-21(17-20)22-13-9-14-23(18-22)25-16-15-24(19-26-25)27(2)3;1-14-7-6-8-15(2)19(14)17-11-12-18(20-13-17)16-9-4-3-5-10-16;/h8-9,11-13,15-19H,4-7,10H2,1-3H3;3-9,11-13H,1-2H3;/q2*-1;. The Hall–Kier alpha value is -4.37. The van der Waals surface area contributed by atoms with E-state index in [4.69, 9.17) is 0 Å². The molecule has 3 nitrogen and oxygen atoms in total. The zero-order chi connectivity index (χ0) is 33.0. The summed E-state index contributed by atoms with van der Waals surface area (Å²) in [6.45, 7) is 6.54. The van der Waals surface area contributed by atoms with Gasteiger partial charge in [0, 0.05) is 46.6 Å². The summed E-state index contributed by atoms with van der Waals surface area (Å²) in [6, 6.07) is 44.4. The Bertz CT molecular complexity index is 1830. The Balaban J connectivity index is 0.000000221. The van der Waals surface area contributed by atoms with Gasteiger partial charge < -0.3 is 14.9 Å². The first-order chi connectivity index (χ1) is 22.9. The summed E-state index contributed by atoms with van der Waals surface area (Å²) in [6.07, 6.45) is 10.2. The Labute approximate surface area is 301 Å². The van der Waals surface area contributed by atoms with E-state index in [2.05, 4.69) is 127 Å². The molecule has 48 heavy (non-hydrogen) atoms. The van der Waals surface area contributed by atoms with Crippen molar-refractivity contribution in [3.05, 3.63) is 150 Å². The van der Waals surface area contributed by atoms with Crippen molar-refractivity contribution in [1.29, 1.82) is 0 Å². The SMILES string of the molecule is CCCCCCc1cccc(-c2cc[c-]c(-c3ccc(N(C)C)cn3)c2)c1.Cc1cccc(C)c1-c1ccc(-c2[c-]cccc2)nc1.[Ir]. The van der Waals surface area contributed by atoms with E-state index in [9.17, 15) is 0 Å². The van der Waals surface area contributed by atoms with Gasteiger partial charge in [0.1, 0.15) is 0 Å². The molecule has 0 atom stereocenters. The molecule has 247 valence electrons. The van der Waals surface area contributed by atoms with Crippen molar-refractivity contribution >= 4 is 5.69 Å². The van der Waals surface area contributed by atoms with E-state index in [-0.39, 0.29) is 20.1 Å². The van der Waals surface area contributed by atoms with Crippen LogP contribution in [-0.4, -0.2) is 24.1 Å². The Kier molecular flexibility index (Phi) is 13.9. The second-order valence-corrected chi connectivity index (χ2v) is 12.3. The molecule has 0 fully saturated rings. The minimum Gasteiger partial charge on any atom is -0.376 e. The van der Waals surface area contributed by atoms with Gasteiger partial charge >= 0.3 is 0 Å². The van der Waals surface area contributed by atoms with Crippen LogP contribution < -0.4 is 4.90 Å². The third-order valence-electron chi connectivity index (χ3n) is 8.44. The van der Waals surface area contributed by atoms with Gasteiger partial charge in [-0.05, 0) is 77.5 Å². The predicted octanol–water partition coefficient (Wildman–Crippen LogP) is 11.2. The van der Waals surface area contributed by atoms with Crippen LogP contribution in [0.4, 0.5) is 5.69 Å². The predicted molar refractivity (Wildman–Crippen MR) is 200 cm³/mol. The molecule has 1 radical (unpaired) electrons. The molecule has 4 heteroatoms. The Morgan fingerprint density at radius 1 is 0.604 bits per heavy atom. The van der Waals surface area contributed by atoms with Crippen LogP contribution in [0.15, 0.2) is 122 Å². The van der Waals surface area contributed by atoms with Crippen molar-refractivity contribution in [3.63, 3.8) is 0 Å². The topological polar surface area (TPSA) is 29.0 Å². The summed E-state index contributed by atoms with van der Waals surface area (Å²) in [4.78, 5) is 11.2. The normalized spacial score (nSPS) is 10.4. The van der Waals surface area contributed by atoms with Crippen LogP contribution in [0.2, 0.25) is 0 Å². The number of hydrogen-bond acceptors (Lipinski definition) is 3. The molecule has 2 aromatic heterocycles. The maximum Gasteiger partial charge on any atom is 0.0530 e. The van der Waals surface area contributed by atoms with Crippen LogP contribution in [-0.2, 0) is 26.5 Å². The zero-order valence-electron chi connectivity index (χ0n) is 28.8. The summed E-state index contributed by atoms with van der Waals surface area (Å²) in [5.74, 6) is 0. The molecule has 2 heterocycles. The number of aryl methyl sites for hydroxylation is 3. The number of aromatic nitrogens is 2. The maximum absolute atomic E-state index is 4.61. The molecule has 6 rings (SSSR count). The van der Waals surface area contributed by atoms with E-state index in [0.29, 0.717) is 0 Å². The summed E-state index contributed by atoms with van der Waals surface area (Å²) in [5.41, 5.74) is 14.0. The molecule has 0 saturated carbocycles. The van der Waals surface area contributed by atoms with Crippen LogP contribution >= 0.6 is 0 Å². The molecule has 0 N–H and O–H groups in total. The van der Waals surface area contributed by atoms with Gasteiger partial charge in [-0.3, -0.25) is 0 Å². The molecule has 0 bridgehead atoms. The number of unbranched alkanes of at least 4 members (excludes halogenated alkanes) is 3. The zero-order valence-corrected chi connectivity index (χ0v) is 31.2. The first-order valence-electron chi connectivity index (χ1n) is 16.7. The third-order valence-corrected chi connectivity index (χ3v) is 8.44. The summed E-state index contributed by atoms with van der Waals surface area (Å²) >= 11 is 0. The number of benzene rings is 4. The van der Waals surface area contributed by atoms with Crippen molar-refractivity contribution in [2.45, 2.75) is 52.9 Å². The molecule has 0 amide bonds. The average molecular weight is 808 g/mol. The molecule has 0 aliphatic rings. The molecule has 0 saturated heterocycles. The number of nitrogens with zero attached hydrogens (tertiary/aromatic N) is 3. The Morgan fingerprint density at radius 2 is 1.31 bits per heavy atom. The second kappa shape index (κ2) is 18.2. The fraction of sp³-hybridized carbons (Fsp3) is 0.227. The molecular formula is C44H45IrN3-2. The van der Waals surface area contributed by atoms with Gasteiger partial charge in [-0.25, -0.2) is 0 Å². The van der Waals surface area contributed by atoms with E-state index >= 15 is 0 Å². The van der Waals surface area contributed by atoms with Crippen molar-refractivity contribution in [2.24, 2.45) is 0 Å². The molecule has 0 unspecified atom stereocenters. The monoisotopic (exact) mass is 808 g/mol. The molecular weight excluding hydrogens is 763 g/mol. The largest absolute Gasteiger partial charge is 0.376 e. The van der Waals surface area contributed by atoms with Gasteiger partial charge in [-0.15, -0.1) is 71.3 Å². The molecule has 6 aromatic rings. The first kappa shape index (κ1) is 36.5. The second-order valence-electron chi connectivity index (χ2n) is 12.3. The molecule has 0 spiro atoms. The number of rotatable bonds is 10. The van der Waals surface area contributed by atoms with Crippen LogP contribution in [0.1, 0.15) is 49.3 Å². The third kappa shape index (κ3) is 9.83. The van der Waals surface area contributed by atoms with Gasteiger partial charge in [0.2, 0.25) is 0 Å². The van der Waals surface area contributed by atoms with Crippen LogP contribution in [0.5, 0.6) is 0 Å². The summed E-state index contributed by atoms with van der Waals surface area (Å²) in [5, 5.41) is 0. The van der Waals surface area contributed by atoms with Crippen molar-refractivity contribution in [1.82, 2.24) is 9.97 Å². The summed E-state index contributed by atoms with van der Waals surface area (Å²) in [7, 11) is 4.05. The van der Waals surface area contributed by atoms with E-state index < -0.39 is 0 Å². The first-order valence-corrected chi connectivity index (χ1v) is 16.7. The fourth-order valence-electron chi connectivity index (χ4n) is 5.79. The average Bonchev–Trinajstić information content (AvgIpc) is 3.11. The molecule has 4 aromatic carbocycles. The van der Waals surface area contributed by atoms with Crippen LogP contribution in [0.3, 0.4) is 0 Å². The minimum absolute atomic E-state index is 0. The van der Waals surface area contributed by atoms with Crippen molar-refractivity contribution in [3.8, 4) is 44.8 Å². The smallest absolute Gasteiger partial charge is 0.0530 e. The van der Waals surface area contributed by atoms with E-state index in [1.54, 1.807) is 0 Å².